The first-order chi connectivity index (χ1) is 19.5. The molecule has 2 aromatic rings. The molecule has 0 amide bonds. The van der Waals surface area contributed by atoms with Crippen LogP contribution in [0.25, 0.3) is 0 Å². The predicted octanol–water partition coefficient (Wildman–Crippen LogP) is 11.8. The second-order valence-electron chi connectivity index (χ2n) is 14.9. The number of benzene rings is 2. The molecule has 1 fully saturated rings. The van der Waals surface area contributed by atoms with Crippen LogP contribution in [-0.2, 0) is 0 Å². The van der Waals surface area contributed by atoms with Crippen molar-refractivity contribution in [1.29, 1.82) is 0 Å². The molecule has 42 heavy (non-hydrogen) atoms. The Morgan fingerprint density at radius 2 is 1.52 bits per heavy atom. The molecule has 1 aliphatic carbocycles. The lowest BCUT2D eigenvalue weighted by Gasteiger charge is -2.48. The molecule has 3 unspecified atom stereocenters. The molecule has 2 heteroatoms. The second kappa shape index (κ2) is 17.1. The maximum atomic E-state index is 5.70. The van der Waals surface area contributed by atoms with Crippen molar-refractivity contribution in [2.24, 2.45) is 34.3 Å². The number of nitrogens with two attached hydrogens (primary N) is 1. The van der Waals surface area contributed by atoms with Crippen LogP contribution in [0.3, 0.4) is 0 Å². The summed E-state index contributed by atoms with van der Waals surface area (Å²) in [6, 6.07) is 15.9. The summed E-state index contributed by atoms with van der Waals surface area (Å²) in [6.45, 7) is 35.5. The van der Waals surface area contributed by atoms with Crippen molar-refractivity contribution >= 4 is 5.69 Å². The molecule has 0 bridgehead atoms. The molecule has 2 aromatic carbocycles. The third-order valence-corrected chi connectivity index (χ3v) is 9.26. The summed E-state index contributed by atoms with van der Waals surface area (Å²) in [5, 5.41) is 3.73. The fourth-order valence-electron chi connectivity index (χ4n) is 6.73. The Balaban J connectivity index is 0.000000671. The van der Waals surface area contributed by atoms with Crippen molar-refractivity contribution in [2.45, 2.75) is 127 Å². The van der Waals surface area contributed by atoms with Gasteiger partial charge in [0.1, 0.15) is 0 Å². The summed E-state index contributed by atoms with van der Waals surface area (Å²) in [6.07, 6.45) is 8.09. The first-order valence-electron chi connectivity index (χ1n) is 16.4. The first kappa shape index (κ1) is 37.7. The quantitative estimate of drug-likeness (QED) is 0.308. The number of nitrogens with one attached hydrogen (secondary N) is 1. The molecular weight excluding hydrogens is 508 g/mol. The molecular formula is C40H66N2. The van der Waals surface area contributed by atoms with Gasteiger partial charge in [-0.05, 0) is 123 Å². The Labute approximate surface area is 261 Å². The lowest BCUT2D eigenvalue weighted by Crippen LogP contribution is -2.41. The third-order valence-electron chi connectivity index (χ3n) is 9.26. The van der Waals surface area contributed by atoms with E-state index in [1.807, 2.05) is 6.92 Å². The van der Waals surface area contributed by atoms with E-state index in [4.69, 9.17) is 5.73 Å². The number of anilines is 1. The van der Waals surface area contributed by atoms with E-state index in [1.165, 1.54) is 47.9 Å². The van der Waals surface area contributed by atoms with Gasteiger partial charge in [0, 0.05) is 22.8 Å². The van der Waals surface area contributed by atoms with Gasteiger partial charge in [-0.1, -0.05) is 98.4 Å². The highest BCUT2D eigenvalue weighted by Crippen LogP contribution is 2.54. The van der Waals surface area contributed by atoms with Crippen LogP contribution in [0.4, 0.5) is 5.69 Å². The topological polar surface area (TPSA) is 38.0 Å². The minimum absolute atomic E-state index is 0.107. The molecule has 1 saturated carbocycles. The third kappa shape index (κ3) is 11.4. The summed E-state index contributed by atoms with van der Waals surface area (Å²) in [5.41, 5.74) is 13.6. The highest BCUT2D eigenvalue weighted by Gasteiger charge is 2.45. The fraction of sp³-hybridized carbons (Fsp3) is 0.600. The van der Waals surface area contributed by atoms with Crippen molar-refractivity contribution in [3.05, 3.63) is 89.6 Å². The van der Waals surface area contributed by atoms with E-state index in [2.05, 4.69) is 137 Å². The number of allylic oxidation sites excluding steroid dienone is 2. The Kier molecular flexibility index (Phi) is 15.3. The van der Waals surface area contributed by atoms with Gasteiger partial charge >= 0.3 is 0 Å². The van der Waals surface area contributed by atoms with Crippen LogP contribution < -0.4 is 11.1 Å². The van der Waals surface area contributed by atoms with Crippen LogP contribution in [0.2, 0.25) is 0 Å². The molecule has 2 nitrogen and oxygen atoms in total. The van der Waals surface area contributed by atoms with E-state index in [-0.39, 0.29) is 10.8 Å². The number of hydrogen-bond acceptors (Lipinski definition) is 2. The van der Waals surface area contributed by atoms with E-state index in [9.17, 15) is 0 Å². The molecule has 0 radical (unpaired) electrons. The average Bonchev–Trinajstić information content (AvgIpc) is 2.88. The van der Waals surface area contributed by atoms with Crippen molar-refractivity contribution in [3.8, 4) is 0 Å². The highest BCUT2D eigenvalue weighted by molar-refractivity contribution is 5.52. The predicted molar refractivity (Wildman–Crippen MR) is 190 cm³/mol. The molecule has 236 valence electrons. The molecule has 1 aliphatic rings. The highest BCUT2D eigenvalue weighted by atomic mass is 14.9. The van der Waals surface area contributed by atoms with Crippen LogP contribution in [0.5, 0.6) is 0 Å². The minimum atomic E-state index is -0.107. The van der Waals surface area contributed by atoms with Gasteiger partial charge in [-0.15, -0.1) is 6.58 Å². The van der Waals surface area contributed by atoms with Crippen molar-refractivity contribution < 1.29 is 0 Å². The Morgan fingerprint density at radius 3 is 2.00 bits per heavy atom. The van der Waals surface area contributed by atoms with E-state index in [0.717, 1.165) is 23.7 Å². The molecule has 0 saturated heterocycles. The van der Waals surface area contributed by atoms with Crippen LogP contribution in [0, 0.1) is 49.4 Å². The van der Waals surface area contributed by atoms with Crippen LogP contribution in [0.15, 0.2) is 67.4 Å². The monoisotopic (exact) mass is 575 g/mol. The zero-order chi connectivity index (χ0) is 32.3. The largest absolute Gasteiger partial charge is 0.359 e. The van der Waals surface area contributed by atoms with E-state index < -0.39 is 0 Å². The molecule has 3 rings (SSSR count). The van der Waals surface area contributed by atoms with Crippen molar-refractivity contribution in [3.63, 3.8) is 0 Å². The molecule has 0 heterocycles. The van der Waals surface area contributed by atoms with Gasteiger partial charge in [0.05, 0.1) is 0 Å². The van der Waals surface area contributed by atoms with Gasteiger partial charge in [-0.3, -0.25) is 0 Å². The Bertz CT molecular complexity index is 1090. The molecule has 0 aliphatic heterocycles. The van der Waals surface area contributed by atoms with E-state index in [1.54, 1.807) is 6.08 Å². The zero-order valence-electron chi connectivity index (χ0n) is 29.5. The van der Waals surface area contributed by atoms with Gasteiger partial charge in [-0.2, -0.15) is 0 Å². The van der Waals surface area contributed by atoms with Crippen molar-refractivity contribution in [2.75, 3.05) is 5.32 Å². The smallest absolute Gasteiger partial charge is 0.0384 e. The SMILES string of the molecule is C=C(Nc1cccc(C)c1)C(C)(C(C)CC(C)(C)C)C(c1cccc(C)c1C)C(C)C.C=CC.CC1CCC(N)CC1. The van der Waals surface area contributed by atoms with Gasteiger partial charge in [-0.25, -0.2) is 0 Å². The first-order valence-corrected chi connectivity index (χ1v) is 16.4. The summed E-state index contributed by atoms with van der Waals surface area (Å²) >= 11 is 0. The summed E-state index contributed by atoms with van der Waals surface area (Å²) in [4.78, 5) is 0. The summed E-state index contributed by atoms with van der Waals surface area (Å²) in [5.74, 6) is 2.26. The Morgan fingerprint density at radius 1 is 0.976 bits per heavy atom. The van der Waals surface area contributed by atoms with Crippen molar-refractivity contribution in [1.82, 2.24) is 0 Å². The molecule has 0 aromatic heterocycles. The molecule has 0 spiro atoms. The standard InChI is InChI=1S/C30H45N.C7H15N.C3H6/c1-20(2)28(27-17-13-15-22(4)24(27)6)30(11,23(5)19-29(8,9)10)25(7)31-26-16-12-14-21(3)18-26;1-6-2-4-7(8)5-3-6;1-3-2/h12-18,20,23,28,31H,7,19H2,1-6,8-11H3;6-7H,2-5,8H2,1H3;3H,1H2,2H3. The Hall–Kier alpha value is -2.32. The van der Waals surface area contributed by atoms with Gasteiger partial charge in [0.25, 0.3) is 0 Å². The van der Waals surface area contributed by atoms with Crippen LogP contribution >= 0.6 is 0 Å². The lowest BCUT2D eigenvalue weighted by atomic mass is 9.57. The van der Waals surface area contributed by atoms with Crippen LogP contribution in [0.1, 0.15) is 123 Å². The zero-order valence-corrected chi connectivity index (χ0v) is 29.5. The van der Waals surface area contributed by atoms with Gasteiger partial charge in [0.2, 0.25) is 0 Å². The minimum Gasteiger partial charge on any atom is -0.359 e. The number of aryl methyl sites for hydroxylation is 2. The lowest BCUT2D eigenvalue weighted by molar-refractivity contribution is 0.125. The maximum Gasteiger partial charge on any atom is 0.0384 e. The number of hydrogen-bond donors (Lipinski definition) is 2. The van der Waals surface area contributed by atoms with E-state index >= 15 is 0 Å². The number of rotatable bonds is 8. The van der Waals surface area contributed by atoms with E-state index in [0.29, 0.717) is 23.8 Å². The average molecular weight is 575 g/mol. The van der Waals surface area contributed by atoms with Gasteiger partial charge in [0.15, 0.2) is 0 Å². The van der Waals surface area contributed by atoms with Gasteiger partial charge < -0.3 is 11.1 Å². The summed E-state index contributed by atoms with van der Waals surface area (Å²) in [7, 11) is 0. The second-order valence-corrected chi connectivity index (χ2v) is 14.9. The fourth-order valence-corrected chi connectivity index (χ4v) is 6.73. The summed E-state index contributed by atoms with van der Waals surface area (Å²) < 4.78 is 0. The molecule has 3 N–H and O–H groups in total. The maximum absolute atomic E-state index is 5.70. The van der Waals surface area contributed by atoms with Crippen LogP contribution in [-0.4, -0.2) is 6.04 Å². The normalized spacial score (nSPS) is 19.7. The molecule has 3 atom stereocenters.